The van der Waals surface area contributed by atoms with Crippen molar-refractivity contribution in [3.63, 3.8) is 0 Å². The zero-order valence-corrected chi connectivity index (χ0v) is 10.2. The van der Waals surface area contributed by atoms with Gasteiger partial charge in [0.15, 0.2) is 0 Å². The van der Waals surface area contributed by atoms with E-state index in [1.165, 1.54) is 29.7 Å². The third-order valence-corrected chi connectivity index (χ3v) is 3.40. The zero-order valence-electron chi connectivity index (χ0n) is 9.40. The van der Waals surface area contributed by atoms with Crippen LogP contribution in [0.5, 0.6) is 0 Å². The summed E-state index contributed by atoms with van der Waals surface area (Å²) in [7, 11) is 0. The van der Waals surface area contributed by atoms with Gasteiger partial charge in [0.2, 0.25) is 0 Å². The summed E-state index contributed by atoms with van der Waals surface area (Å²) in [6.07, 6.45) is -4.00. The molecule has 0 aliphatic rings. The molecule has 1 N–H and O–H groups in total. The van der Waals surface area contributed by atoms with E-state index in [4.69, 9.17) is 0 Å². The molecule has 1 unspecified atom stereocenters. The molecular weight excluding hydrogens is 263 g/mol. The average Bonchev–Trinajstić information content (AvgIpc) is 2.74. The number of hydrogen-bond donors (Lipinski definition) is 1. The lowest BCUT2D eigenvalue weighted by atomic mass is 10.1. The van der Waals surface area contributed by atoms with Gasteiger partial charge in [0.25, 0.3) is 0 Å². The Morgan fingerprint density at radius 3 is 2.61 bits per heavy atom. The van der Waals surface area contributed by atoms with Crippen molar-refractivity contribution < 1.29 is 18.3 Å². The van der Waals surface area contributed by atoms with Crippen molar-refractivity contribution in [2.24, 2.45) is 0 Å². The number of benzene rings is 1. The third-order valence-electron chi connectivity index (χ3n) is 2.44. The van der Waals surface area contributed by atoms with Crippen LogP contribution in [0.15, 0.2) is 30.5 Å². The molecule has 0 saturated heterocycles. The lowest BCUT2D eigenvalue weighted by Crippen LogP contribution is -2.06. The lowest BCUT2D eigenvalue weighted by Gasteiger charge is -2.12. The Balaban J connectivity index is 2.34. The van der Waals surface area contributed by atoms with Crippen LogP contribution >= 0.6 is 11.3 Å². The summed E-state index contributed by atoms with van der Waals surface area (Å²) in [6.45, 7) is 1.77. The van der Waals surface area contributed by atoms with Crippen LogP contribution in [0.1, 0.15) is 27.1 Å². The first-order chi connectivity index (χ1) is 8.38. The maximum Gasteiger partial charge on any atom is 0.416 e. The van der Waals surface area contributed by atoms with Crippen molar-refractivity contribution >= 4 is 11.3 Å². The van der Waals surface area contributed by atoms with Gasteiger partial charge in [0, 0.05) is 6.20 Å². The van der Waals surface area contributed by atoms with Crippen molar-refractivity contribution in [1.29, 1.82) is 0 Å². The first kappa shape index (κ1) is 13.0. The number of thiazole rings is 1. The summed E-state index contributed by atoms with van der Waals surface area (Å²) in [5, 5.41) is 10.8. The topological polar surface area (TPSA) is 33.1 Å². The summed E-state index contributed by atoms with van der Waals surface area (Å²) in [5.41, 5.74) is -0.547. The van der Waals surface area contributed by atoms with Gasteiger partial charge in [-0.05, 0) is 24.6 Å². The van der Waals surface area contributed by atoms with E-state index in [-0.39, 0.29) is 5.56 Å². The monoisotopic (exact) mass is 273 g/mol. The normalized spacial score (nSPS) is 13.6. The molecule has 0 bridgehead atoms. The molecule has 18 heavy (non-hydrogen) atoms. The van der Waals surface area contributed by atoms with E-state index in [1.54, 1.807) is 6.92 Å². The lowest BCUT2D eigenvalue weighted by molar-refractivity contribution is -0.137. The Kier molecular flexibility index (Phi) is 3.41. The molecule has 2 rings (SSSR count). The maximum absolute atomic E-state index is 12.5. The Bertz CT molecular complexity index is 550. The molecule has 0 aliphatic heterocycles. The van der Waals surface area contributed by atoms with E-state index in [9.17, 15) is 18.3 Å². The molecule has 1 aromatic heterocycles. The zero-order chi connectivity index (χ0) is 13.3. The second kappa shape index (κ2) is 4.70. The van der Waals surface area contributed by atoms with Gasteiger partial charge in [0.1, 0.15) is 6.10 Å². The predicted octanol–water partition coefficient (Wildman–Crippen LogP) is 3.55. The SMILES string of the molecule is Cc1ncc(C(O)c2cccc(C(F)(F)F)c2)s1. The molecule has 0 fully saturated rings. The first-order valence-electron chi connectivity index (χ1n) is 5.15. The largest absolute Gasteiger partial charge is 0.416 e. The number of halogens is 3. The summed E-state index contributed by atoms with van der Waals surface area (Å²) < 4.78 is 37.6. The molecule has 2 nitrogen and oxygen atoms in total. The van der Waals surface area contributed by atoms with E-state index in [1.807, 2.05) is 0 Å². The number of aliphatic hydroxyl groups excluding tert-OH is 1. The highest BCUT2D eigenvalue weighted by atomic mass is 32.1. The van der Waals surface area contributed by atoms with Crippen LogP contribution in [0.4, 0.5) is 13.2 Å². The van der Waals surface area contributed by atoms with E-state index in [0.29, 0.717) is 4.88 Å². The summed E-state index contributed by atoms with van der Waals surface area (Å²) in [4.78, 5) is 4.50. The van der Waals surface area contributed by atoms with Gasteiger partial charge in [-0.1, -0.05) is 12.1 Å². The average molecular weight is 273 g/mol. The van der Waals surface area contributed by atoms with E-state index in [2.05, 4.69) is 4.98 Å². The minimum atomic E-state index is -4.40. The highest BCUT2D eigenvalue weighted by Gasteiger charge is 2.31. The Hall–Kier alpha value is -1.40. The fourth-order valence-electron chi connectivity index (χ4n) is 1.55. The van der Waals surface area contributed by atoms with Crippen molar-refractivity contribution in [2.45, 2.75) is 19.2 Å². The molecule has 0 spiro atoms. The molecule has 1 heterocycles. The Labute approximate surface area is 106 Å². The number of aliphatic hydroxyl groups is 1. The van der Waals surface area contributed by atoms with Crippen LogP contribution < -0.4 is 0 Å². The van der Waals surface area contributed by atoms with Crippen LogP contribution in [0.3, 0.4) is 0 Å². The maximum atomic E-state index is 12.5. The second-order valence-corrected chi connectivity index (χ2v) is 5.07. The van der Waals surface area contributed by atoms with Gasteiger partial charge in [0.05, 0.1) is 15.4 Å². The molecule has 96 valence electrons. The quantitative estimate of drug-likeness (QED) is 0.907. The standard InChI is InChI=1S/C12H10F3NOS/c1-7-16-6-10(18-7)11(17)8-3-2-4-9(5-8)12(13,14)15/h2-6,11,17H,1H3. The number of rotatable bonds is 2. The minimum Gasteiger partial charge on any atom is -0.383 e. The number of aromatic nitrogens is 1. The molecular formula is C12H10F3NOS. The molecule has 1 aromatic carbocycles. The first-order valence-corrected chi connectivity index (χ1v) is 5.97. The van der Waals surface area contributed by atoms with Gasteiger partial charge < -0.3 is 5.11 Å². The number of nitrogens with zero attached hydrogens (tertiary/aromatic N) is 1. The summed E-state index contributed by atoms with van der Waals surface area (Å²) >= 11 is 1.26. The predicted molar refractivity (Wildman–Crippen MR) is 62.4 cm³/mol. The van der Waals surface area contributed by atoms with Crippen LogP contribution in [0, 0.1) is 6.92 Å². The highest BCUT2D eigenvalue weighted by Crippen LogP contribution is 2.33. The molecule has 0 saturated carbocycles. The van der Waals surface area contributed by atoms with Gasteiger partial charge >= 0.3 is 6.18 Å². The van der Waals surface area contributed by atoms with Crippen molar-refractivity contribution in [2.75, 3.05) is 0 Å². The minimum absolute atomic E-state index is 0.216. The van der Waals surface area contributed by atoms with Crippen LogP contribution in [-0.4, -0.2) is 10.1 Å². The molecule has 2 aromatic rings. The molecule has 0 radical (unpaired) electrons. The summed E-state index contributed by atoms with van der Waals surface area (Å²) in [5.74, 6) is 0. The smallest absolute Gasteiger partial charge is 0.383 e. The third kappa shape index (κ3) is 2.70. The van der Waals surface area contributed by atoms with Crippen LogP contribution in [0.2, 0.25) is 0 Å². The second-order valence-electron chi connectivity index (χ2n) is 3.81. The van der Waals surface area contributed by atoms with Gasteiger partial charge in [-0.3, -0.25) is 0 Å². The van der Waals surface area contributed by atoms with Crippen molar-refractivity contribution in [3.8, 4) is 0 Å². The highest BCUT2D eigenvalue weighted by molar-refractivity contribution is 7.11. The number of hydrogen-bond acceptors (Lipinski definition) is 3. The van der Waals surface area contributed by atoms with E-state index < -0.39 is 17.8 Å². The molecule has 6 heteroatoms. The van der Waals surface area contributed by atoms with Crippen molar-refractivity contribution in [1.82, 2.24) is 4.98 Å². The Morgan fingerprint density at radius 1 is 1.33 bits per heavy atom. The van der Waals surface area contributed by atoms with Crippen LogP contribution in [-0.2, 0) is 6.18 Å². The van der Waals surface area contributed by atoms with Crippen molar-refractivity contribution in [3.05, 3.63) is 51.5 Å². The van der Waals surface area contributed by atoms with Crippen LogP contribution in [0.25, 0.3) is 0 Å². The fraction of sp³-hybridized carbons (Fsp3) is 0.250. The van der Waals surface area contributed by atoms with E-state index >= 15 is 0 Å². The van der Waals surface area contributed by atoms with Gasteiger partial charge in [-0.15, -0.1) is 11.3 Å². The molecule has 1 atom stereocenters. The molecule has 0 aliphatic carbocycles. The Morgan fingerprint density at radius 2 is 2.06 bits per heavy atom. The van der Waals surface area contributed by atoms with E-state index in [0.717, 1.165) is 17.1 Å². The van der Waals surface area contributed by atoms with Gasteiger partial charge in [-0.2, -0.15) is 13.2 Å². The number of alkyl halides is 3. The number of aryl methyl sites for hydroxylation is 1. The summed E-state index contributed by atoms with van der Waals surface area (Å²) in [6, 6.07) is 4.69. The molecule has 0 amide bonds. The fourth-order valence-corrected chi connectivity index (χ4v) is 2.35. The van der Waals surface area contributed by atoms with Gasteiger partial charge in [-0.25, -0.2) is 4.98 Å².